The number of carbonyl (C=O) groups is 1. The van der Waals surface area contributed by atoms with Crippen LogP contribution in [0.4, 0.5) is 4.79 Å². The van der Waals surface area contributed by atoms with Crippen molar-refractivity contribution in [3.05, 3.63) is 29.7 Å². The van der Waals surface area contributed by atoms with Gasteiger partial charge in [-0.05, 0) is 25.0 Å². The summed E-state index contributed by atoms with van der Waals surface area (Å²) >= 11 is 0. The van der Waals surface area contributed by atoms with Crippen molar-refractivity contribution in [2.24, 2.45) is 0 Å². The van der Waals surface area contributed by atoms with Crippen molar-refractivity contribution in [2.75, 3.05) is 6.54 Å². The van der Waals surface area contributed by atoms with Crippen LogP contribution in [-0.2, 0) is 11.2 Å². The molecule has 2 unspecified atom stereocenters. The number of carbonyl (C=O) groups excluding carboxylic acids is 1. The summed E-state index contributed by atoms with van der Waals surface area (Å²) in [5.41, 5.74) is 1.17. The Morgan fingerprint density at radius 1 is 1.33 bits per heavy atom. The van der Waals surface area contributed by atoms with Gasteiger partial charge in [-0.3, -0.25) is 4.90 Å². The van der Waals surface area contributed by atoms with Crippen LogP contribution in [0.5, 0.6) is 0 Å². The van der Waals surface area contributed by atoms with Crippen LogP contribution in [-0.4, -0.2) is 29.7 Å². The molecule has 21 heavy (non-hydrogen) atoms. The SMILES string of the molecule is CCCCCCC1CN(C2C=Cc3occc3C2)C(=O)O1. The predicted molar refractivity (Wildman–Crippen MR) is 81.0 cm³/mol. The van der Waals surface area contributed by atoms with Gasteiger partial charge >= 0.3 is 6.09 Å². The van der Waals surface area contributed by atoms with E-state index in [2.05, 4.69) is 6.92 Å². The fraction of sp³-hybridized carbons (Fsp3) is 0.588. The lowest BCUT2D eigenvalue weighted by Gasteiger charge is -2.24. The van der Waals surface area contributed by atoms with Crippen molar-refractivity contribution in [1.29, 1.82) is 0 Å². The van der Waals surface area contributed by atoms with E-state index in [-0.39, 0.29) is 18.2 Å². The number of cyclic esters (lactones) is 1. The van der Waals surface area contributed by atoms with Gasteiger partial charge in [0.25, 0.3) is 0 Å². The van der Waals surface area contributed by atoms with Crippen LogP contribution >= 0.6 is 0 Å². The van der Waals surface area contributed by atoms with Crippen LogP contribution < -0.4 is 0 Å². The van der Waals surface area contributed by atoms with Crippen molar-refractivity contribution in [2.45, 2.75) is 57.6 Å². The third-order valence-electron chi connectivity index (χ3n) is 4.36. The molecule has 1 saturated heterocycles. The maximum Gasteiger partial charge on any atom is 0.410 e. The van der Waals surface area contributed by atoms with Gasteiger partial charge in [0.1, 0.15) is 11.9 Å². The molecule has 1 amide bonds. The zero-order chi connectivity index (χ0) is 14.7. The van der Waals surface area contributed by atoms with E-state index < -0.39 is 0 Å². The largest absolute Gasteiger partial charge is 0.465 e. The van der Waals surface area contributed by atoms with Gasteiger partial charge < -0.3 is 9.15 Å². The topological polar surface area (TPSA) is 42.7 Å². The molecule has 2 heterocycles. The molecular weight excluding hydrogens is 266 g/mol. The molecule has 0 aromatic carbocycles. The molecule has 0 radical (unpaired) electrons. The maximum absolute atomic E-state index is 12.1. The highest BCUT2D eigenvalue weighted by atomic mass is 16.6. The number of rotatable bonds is 6. The van der Waals surface area contributed by atoms with E-state index in [1.54, 1.807) is 6.26 Å². The van der Waals surface area contributed by atoms with Crippen molar-refractivity contribution in [1.82, 2.24) is 4.90 Å². The molecule has 2 aliphatic rings. The lowest BCUT2D eigenvalue weighted by Crippen LogP contribution is -2.37. The minimum Gasteiger partial charge on any atom is -0.465 e. The number of amides is 1. The third-order valence-corrected chi connectivity index (χ3v) is 4.36. The Morgan fingerprint density at radius 3 is 3.10 bits per heavy atom. The molecule has 1 aliphatic carbocycles. The van der Waals surface area contributed by atoms with E-state index in [1.807, 2.05) is 23.1 Å². The van der Waals surface area contributed by atoms with Crippen LogP contribution in [0.2, 0.25) is 0 Å². The van der Waals surface area contributed by atoms with Crippen molar-refractivity contribution < 1.29 is 13.9 Å². The molecular formula is C17H23NO3. The van der Waals surface area contributed by atoms with Gasteiger partial charge in [0.05, 0.1) is 18.8 Å². The van der Waals surface area contributed by atoms with Gasteiger partial charge in [-0.15, -0.1) is 0 Å². The highest BCUT2D eigenvalue weighted by Gasteiger charge is 2.36. The molecule has 0 spiro atoms. The van der Waals surface area contributed by atoms with Crippen molar-refractivity contribution >= 4 is 12.2 Å². The normalized spacial score (nSPS) is 24.2. The third kappa shape index (κ3) is 3.14. The molecule has 2 atom stereocenters. The Labute approximate surface area is 125 Å². The first-order valence-electron chi connectivity index (χ1n) is 7.99. The van der Waals surface area contributed by atoms with Crippen LogP contribution in [0, 0.1) is 0 Å². The average molecular weight is 289 g/mol. The molecule has 1 aromatic heterocycles. The standard InChI is InChI=1S/C17H23NO3/c1-2-3-4-5-6-15-12-18(17(19)21-15)14-7-8-16-13(11-14)9-10-20-16/h7-10,14-15H,2-6,11-12H2,1H3. The van der Waals surface area contributed by atoms with Gasteiger partial charge in [-0.2, -0.15) is 0 Å². The van der Waals surface area contributed by atoms with Crippen molar-refractivity contribution in [3.63, 3.8) is 0 Å². The average Bonchev–Trinajstić information content (AvgIpc) is 3.09. The van der Waals surface area contributed by atoms with Gasteiger partial charge in [0, 0.05) is 12.0 Å². The van der Waals surface area contributed by atoms with E-state index in [9.17, 15) is 4.79 Å². The fourth-order valence-electron chi connectivity index (χ4n) is 3.13. The van der Waals surface area contributed by atoms with E-state index in [4.69, 9.17) is 9.15 Å². The Balaban J connectivity index is 1.54. The van der Waals surface area contributed by atoms with E-state index in [0.717, 1.165) is 25.0 Å². The van der Waals surface area contributed by atoms with E-state index >= 15 is 0 Å². The summed E-state index contributed by atoms with van der Waals surface area (Å²) in [6.45, 7) is 2.92. The second-order valence-electron chi connectivity index (χ2n) is 5.95. The van der Waals surface area contributed by atoms with Gasteiger partial charge in [0.2, 0.25) is 0 Å². The summed E-state index contributed by atoms with van der Waals surface area (Å²) in [5, 5.41) is 0. The summed E-state index contributed by atoms with van der Waals surface area (Å²) in [6.07, 6.45) is 12.3. The summed E-state index contributed by atoms with van der Waals surface area (Å²) in [4.78, 5) is 13.9. The number of unbranched alkanes of at least 4 members (excludes halogenated alkanes) is 3. The summed E-state index contributed by atoms with van der Waals surface area (Å²) < 4.78 is 10.9. The number of hydrogen-bond donors (Lipinski definition) is 0. The molecule has 1 aromatic rings. The summed E-state index contributed by atoms with van der Waals surface area (Å²) in [6, 6.07) is 2.08. The molecule has 114 valence electrons. The minimum atomic E-state index is -0.169. The maximum atomic E-state index is 12.1. The molecule has 0 bridgehead atoms. The highest BCUT2D eigenvalue weighted by molar-refractivity contribution is 5.71. The smallest absolute Gasteiger partial charge is 0.410 e. The van der Waals surface area contributed by atoms with Crippen LogP contribution in [0.1, 0.15) is 50.4 Å². The molecule has 1 aliphatic heterocycles. The first-order valence-corrected chi connectivity index (χ1v) is 7.99. The summed E-state index contributed by atoms with van der Waals surface area (Å²) in [5.74, 6) is 0.912. The van der Waals surface area contributed by atoms with E-state index in [1.165, 1.54) is 24.8 Å². The van der Waals surface area contributed by atoms with Gasteiger partial charge in [0.15, 0.2) is 0 Å². The lowest BCUT2D eigenvalue weighted by molar-refractivity contribution is 0.125. The van der Waals surface area contributed by atoms with Crippen molar-refractivity contribution in [3.8, 4) is 0 Å². The Kier molecular flexibility index (Phi) is 4.32. The number of nitrogens with zero attached hydrogens (tertiary/aromatic N) is 1. The molecule has 3 rings (SSSR count). The number of furan rings is 1. The van der Waals surface area contributed by atoms with Gasteiger partial charge in [-0.1, -0.05) is 32.3 Å². The molecule has 4 heteroatoms. The molecule has 1 fully saturated rings. The quantitative estimate of drug-likeness (QED) is 0.743. The molecule has 0 saturated carbocycles. The Bertz CT molecular complexity index is 520. The Hall–Kier alpha value is -1.71. The zero-order valence-electron chi connectivity index (χ0n) is 12.6. The van der Waals surface area contributed by atoms with Crippen LogP contribution in [0.3, 0.4) is 0 Å². The first-order chi connectivity index (χ1) is 10.3. The lowest BCUT2D eigenvalue weighted by atomic mass is 9.99. The molecule has 4 nitrogen and oxygen atoms in total. The monoisotopic (exact) mass is 289 g/mol. The van der Waals surface area contributed by atoms with Crippen LogP contribution in [0.15, 0.2) is 22.8 Å². The zero-order valence-corrected chi connectivity index (χ0v) is 12.6. The predicted octanol–water partition coefficient (Wildman–Crippen LogP) is 4.01. The number of ether oxygens (including phenoxy) is 1. The highest BCUT2D eigenvalue weighted by Crippen LogP contribution is 2.27. The second-order valence-corrected chi connectivity index (χ2v) is 5.95. The number of fused-ring (bicyclic) bond motifs is 1. The summed E-state index contributed by atoms with van der Waals surface area (Å²) in [7, 11) is 0. The minimum absolute atomic E-state index is 0.0634. The van der Waals surface area contributed by atoms with Gasteiger partial charge in [-0.25, -0.2) is 4.79 Å². The molecule has 0 N–H and O–H groups in total. The van der Waals surface area contributed by atoms with Crippen LogP contribution in [0.25, 0.3) is 6.08 Å². The second kappa shape index (κ2) is 6.37. The number of hydrogen-bond acceptors (Lipinski definition) is 3. The Morgan fingerprint density at radius 2 is 2.24 bits per heavy atom. The first kappa shape index (κ1) is 14.2. The van der Waals surface area contributed by atoms with E-state index in [0.29, 0.717) is 6.54 Å². The fourth-order valence-corrected chi connectivity index (χ4v) is 3.13.